The zero-order chi connectivity index (χ0) is 19.6. The summed E-state index contributed by atoms with van der Waals surface area (Å²) in [4.78, 5) is 7.12. The van der Waals surface area contributed by atoms with Crippen molar-refractivity contribution >= 4 is 35.6 Å². The minimum Gasteiger partial charge on any atom is -0.396 e. The van der Waals surface area contributed by atoms with Crippen LogP contribution in [0.1, 0.15) is 51.2 Å². The Bertz CT molecular complexity index is 606. The highest BCUT2D eigenvalue weighted by atomic mass is 127. The average Bonchev–Trinajstić information content (AvgIpc) is 2.63. The van der Waals surface area contributed by atoms with Gasteiger partial charge in [0.25, 0.3) is 0 Å². The van der Waals surface area contributed by atoms with Crippen molar-refractivity contribution in [2.24, 2.45) is 16.8 Å². The minimum atomic E-state index is 0. The third kappa shape index (κ3) is 8.15. The van der Waals surface area contributed by atoms with E-state index in [1.807, 2.05) is 0 Å². The SMILES string of the molecule is CCNC(=NCc1ccc2c(c1)CCCN2C)NCC(CCO)CC(C)C.I. The average molecular weight is 502 g/mol. The molecule has 0 fully saturated rings. The number of nitrogens with one attached hydrogen (secondary N) is 2. The van der Waals surface area contributed by atoms with E-state index in [0.29, 0.717) is 18.4 Å². The Labute approximate surface area is 188 Å². The van der Waals surface area contributed by atoms with Crippen LogP contribution < -0.4 is 15.5 Å². The zero-order valence-electron chi connectivity index (χ0n) is 18.0. The quantitative estimate of drug-likeness (QED) is 0.273. The fraction of sp³-hybridized carbons (Fsp3) is 0.682. The smallest absolute Gasteiger partial charge is 0.191 e. The molecule has 0 spiro atoms. The first-order valence-electron chi connectivity index (χ1n) is 10.5. The van der Waals surface area contributed by atoms with Crippen LogP contribution in [0.3, 0.4) is 0 Å². The fourth-order valence-corrected chi connectivity index (χ4v) is 3.84. The van der Waals surface area contributed by atoms with Crippen molar-refractivity contribution < 1.29 is 5.11 Å². The summed E-state index contributed by atoms with van der Waals surface area (Å²) in [5.41, 5.74) is 4.06. The van der Waals surface area contributed by atoms with Gasteiger partial charge in [-0.1, -0.05) is 26.0 Å². The molecule has 2 rings (SSSR count). The summed E-state index contributed by atoms with van der Waals surface area (Å²) in [6.07, 6.45) is 4.34. The molecule has 5 nitrogen and oxygen atoms in total. The van der Waals surface area contributed by atoms with Crippen LogP contribution in [0.25, 0.3) is 0 Å². The van der Waals surface area contributed by atoms with Crippen molar-refractivity contribution in [2.75, 3.05) is 38.2 Å². The monoisotopic (exact) mass is 502 g/mol. The number of aliphatic hydroxyl groups is 1. The van der Waals surface area contributed by atoms with Crippen molar-refractivity contribution in [1.82, 2.24) is 10.6 Å². The molecule has 160 valence electrons. The van der Waals surface area contributed by atoms with Gasteiger partial charge in [-0.2, -0.15) is 0 Å². The minimum absolute atomic E-state index is 0. The summed E-state index contributed by atoms with van der Waals surface area (Å²) in [5, 5.41) is 16.1. The van der Waals surface area contributed by atoms with E-state index in [-0.39, 0.29) is 30.6 Å². The third-order valence-corrected chi connectivity index (χ3v) is 5.16. The van der Waals surface area contributed by atoms with Crippen LogP contribution in [0.15, 0.2) is 23.2 Å². The van der Waals surface area contributed by atoms with Gasteiger partial charge in [0, 0.05) is 39.0 Å². The lowest BCUT2D eigenvalue weighted by atomic mass is 9.94. The Morgan fingerprint density at radius 1 is 1.29 bits per heavy atom. The number of halogens is 1. The summed E-state index contributed by atoms with van der Waals surface area (Å²) in [6, 6.07) is 6.74. The molecule has 1 heterocycles. The molecule has 0 saturated heterocycles. The van der Waals surface area contributed by atoms with E-state index in [1.54, 1.807) is 0 Å². The second-order valence-corrected chi connectivity index (χ2v) is 8.07. The molecule has 1 unspecified atom stereocenters. The maximum absolute atomic E-state index is 9.31. The molecule has 1 atom stereocenters. The molecule has 3 N–H and O–H groups in total. The zero-order valence-corrected chi connectivity index (χ0v) is 20.3. The molecule has 28 heavy (non-hydrogen) atoms. The van der Waals surface area contributed by atoms with E-state index < -0.39 is 0 Å². The maximum atomic E-state index is 9.31. The van der Waals surface area contributed by atoms with Gasteiger partial charge in [-0.05, 0) is 61.6 Å². The molecular formula is C22H39IN4O. The van der Waals surface area contributed by atoms with E-state index >= 15 is 0 Å². The van der Waals surface area contributed by atoms with Crippen LogP contribution in [0.2, 0.25) is 0 Å². The number of aliphatic imine (C=N–C) groups is 1. The lowest BCUT2D eigenvalue weighted by Gasteiger charge is -2.27. The van der Waals surface area contributed by atoms with Crippen LogP contribution in [0, 0.1) is 11.8 Å². The van der Waals surface area contributed by atoms with Gasteiger partial charge in [0.2, 0.25) is 0 Å². The van der Waals surface area contributed by atoms with E-state index in [0.717, 1.165) is 44.9 Å². The summed E-state index contributed by atoms with van der Waals surface area (Å²) >= 11 is 0. The molecule has 0 amide bonds. The standard InChI is InChI=1S/C22H38N4O.HI/c1-5-23-22(25-16-19(10-12-27)13-17(2)3)24-15-18-8-9-21-20(14-18)7-6-11-26(21)4;/h8-9,14,17,19,27H,5-7,10-13,15-16H2,1-4H3,(H2,23,24,25);1H. The number of hydrogen-bond donors (Lipinski definition) is 3. The molecule has 0 radical (unpaired) electrons. The molecule has 0 aliphatic carbocycles. The van der Waals surface area contributed by atoms with Crippen LogP contribution in [0.5, 0.6) is 0 Å². The number of fused-ring (bicyclic) bond motifs is 1. The second kappa shape index (κ2) is 13.2. The first kappa shape index (κ1) is 25.0. The molecule has 0 bridgehead atoms. The lowest BCUT2D eigenvalue weighted by Crippen LogP contribution is -2.40. The van der Waals surface area contributed by atoms with E-state index in [9.17, 15) is 5.11 Å². The van der Waals surface area contributed by atoms with Gasteiger partial charge in [0.15, 0.2) is 5.96 Å². The normalized spacial score (nSPS) is 15.1. The predicted octanol–water partition coefficient (Wildman–Crippen LogP) is 3.79. The van der Waals surface area contributed by atoms with E-state index in [1.165, 1.54) is 23.2 Å². The topological polar surface area (TPSA) is 59.9 Å². The molecule has 6 heteroatoms. The van der Waals surface area contributed by atoms with Crippen molar-refractivity contribution in [3.8, 4) is 0 Å². The summed E-state index contributed by atoms with van der Waals surface area (Å²) in [7, 11) is 2.17. The maximum Gasteiger partial charge on any atom is 0.191 e. The van der Waals surface area contributed by atoms with Gasteiger partial charge >= 0.3 is 0 Å². The summed E-state index contributed by atoms with van der Waals surface area (Å²) in [6.45, 7) is 10.3. The fourth-order valence-electron chi connectivity index (χ4n) is 3.84. The van der Waals surface area contributed by atoms with Crippen LogP contribution in [-0.2, 0) is 13.0 Å². The Hall–Kier alpha value is -1.02. The number of benzene rings is 1. The molecule has 1 aromatic rings. The van der Waals surface area contributed by atoms with Gasteiger partial charge in [0.05, 0.1) is 6.54 Å². The van der Waals surface area contributed by atoms with Gasteiger partial charge in [-0.15, -0.1) is 24.0 Å². The van der Waals surface area contributed by atoms with Crippen LogP contribution >= 0.6 is 24.0 Å². The molecule has 0 saturated carbocycles. The largest absolute Gasteiger partial charge is 0.396 e. The first-order chi connectivity index (χ1) is 13.0. The van der Waals surface area contributed by atoms with Gasteiger partial charge in [0.1, 0.15) is 0 Å². The number of aryl methyl sites for hydroxylation is 1. The molecule has 0 aromatic heterocycles. The highest BCUT2D eigenvalue weighted by Crippen LogP contribution is 2.27. The lowest BCUT2D eigenvalue weighted by molar-refractivity contribution is 0.243. The Morgan fingerprint density at radius 3 is 2.75 bits per heavy atom. The summed E-state index contributed by atoms with van der Waals surface area (Å²) < 4.78 is 0. The highest BCUT2D eigenvalue weighted by Gasteiger charge is 2.14. The van der Waals surface area contributed by atoms with Crippen molar-refractivity contribution in [3.05, 3.63) is 29.3 Å². The van der Waals surface area contributed by atoms with Crippen molar-refractivity contribution in [1.29, 1.82) is 0 Å². The van der Waals surface area contributed by atoms with E-state index in [4.69, 9.17) is 4.99 Å². The number of nitrogens with zero attached hydrogens (tertiary/aromatic N) is 2. The van der Waals surface area contributed by atoms with Crippen molar-refractivity contribution in [2.45, 2.75) is 53.0 Å². The van der Waals surface area contributed by atoms with Gasteiger partial charge in [-0.3, -0.25) is 0 Å². The molecular weight excluding hydrogens is 463 g/mol. The predicted molar refractivity (Wildman–Crippen MR) is 131 cm³/mol. The number of hydrogen-bond acceptors (Lipinski definition) is 3. The molecule has 1 aliphatic heterocycles. The number of aliphatic hydroxyl groups excluding tert-OH is 1. The van der Waals surface area contributed by atoms with Crippen molar-refractivity contribution in [3.63, 3.8) is 0 Å². The Kier molecular flexibility index (Phi) is 11.8. The molecule has 1 aromatic carbocycles. The third-order valence-electron chi connectivity index (χ3n) is 5.16. The van der Waals surface area contributed by atoms with E-state index in [2.05, 4.69) is 61.6 Å². The number of guanidine groups is 1. The second-order valence-electron chi connectivity index (χ2n) is 8.07. The first-order valence-corrected chi connectivity index (χ1v) is 10.5. The highest BCUT2D eigenvalue weighted by molar-refractivity contribution is 14.0. The summed E-state index contributed by atoms with van der Waals surface area (Å²) in [5.74, 6) is 1.97. The number of anilines is 1. The molecule has 1 aliphatic rings. The van der Waals surface area contributed by atoms with Crippen LogP contribution in [-0.4, -0.2) is 44.4 Å². The van der Waals surface area contributed by atoms with Crippen LogP contribution in [0.4, 0.5) is 5.69 Å². The Morgan fingerprint density at radius 2 is 2.07 bits per heavy atom. The number of rotatable bonds is 9. The van der Waals surface area contributed by atoms with Gasteiger partial charge < -0.3 is 20.6 Å². The van der Waals surface area contributed by atoms with Gasteiger partial charge in [-0.25, -0.2) is 4.99 Å². The Balaban J connectivity index is 0.00000392.